The molecular formula is C44H35N3. The number of hydrogen-bond donors (Lipinski definition) is 0. The second kappa shape index (κ2) is 12.0. The molecule has 0 saturated carbocycles. The van der Waals surface area contributed by atoms with Crippen LogP contribution in [0.3, 0.4) is 0 Å². The zero-order valence-electron chi connectivity index (χ0n) is 26.6. The zero-order valence-corrected chi connectivity index (χ0v) is 26.6. The van der Waals surface area contributed by atoms with Gasteiger partial charge in [0.15, 0.2) is 0 Å². The average molecular weight is 606 g/mol. The van der Waals surface area contributed by atoms with Crippen LogP contribution >= 0.6 is 0 Å². The summed E-state index contributed by atoms with van der Waals surface area (Å²) < 4.78 is 2.41. The van der Waals surface area contributed by atoms with Gasteiger partial charge >= 0.3 is 0 Å². The molecule has 7 aromatic carbocycles. The first-order valence-electron chi connectivity index (χ1n) is 16.1. The highest BCUT2D eigenvalue weighted by Gasteiger charge is 2.20. The summed E-state index contributed by atoms with van der Waals surface area (Å²) >= 11 is 0. The number of aromatic nitrogens is 1. The minimum atomic E-state index is 1.11. The predicted octanol–water partition coefficient (Wildman–Crippen LogP) is 12.3. The van der Waals surface area contributed by atoms with Crippen molar-refractivity contribution in [2.24, 2.45) is 0 Å². The van der Waals surface area contributed by atoms with E-state index in [1.165, 1.54) is 21.9 Å². The Morgan fingerprint density at radius 3 is 1.09 bits per heavy atom. The van der Waals surface area contributed by atoms with E-state index < -0.39 is 0 Å². The average Bonchev–Trinajstić information content (AvgIpc) is 3.44. The van der Waals surface area contributed by atoms with E-state index in [4.69, 9.17) is 0 Å². The molecule has 0 bridgehead atoms. The Morgan fingerprint density at radius 2 is 0.681 bits per heavy atom. The molecule has 0 radical (unpaired) electrons. The smallest absolute Gasteiger partial charge is 0.0561 e. The Bertz CT molecular complexity index is 2140. The van der Waals surface area contributed by atoms with E-state index in [1.807, 2.05) is 0 Å². The lowest BCUT2D eigenvalue weighted by Gasteiger charge is -2.26. The maximum Gasteiger partial charge on any atom is 0.0561 e. The summed E-state index contributed by atoms with van der Waals surface area (Å²) in [6.45, 7) is 4.26. The van der Waals surface area contributed by atoms with Crippen LogP contribution in [0.4, 0.5) is 34.1 Å². The predicted molar refractivity (Wildman–Crippen MR) is 200 cm³/mol. The highest BCUT2D eigenvalue weighted by atomic mass is 15.2. The standard InChI is InChI=1S/C44H35N3/c1-32-18-22-37(23-19-32)45(34-12-6-3-7-13-34)39-26-28-41-42-29-27-40(31-44(42)47(43(41)30-39)36-16-10-5-11-17-36)46(35-14-8-4-9-15-35)38-24-20-33(2)21-25-38/h3-31H,1-2H3. The zero-order chi connectivity index (χ0) is 31.7. The van der Waals surface area contributed by atoms with Gasteiger partial charge in [-0.3, -0.25) is 0 Å². The van der Waals surface area contributed by atoms with Crippen LogP contribution in [0.1, 0.15) is 11.1 Å². The third kappa shape index (κ3) is 5.32. The van der Waals surface area contributed by atoms with Gasteiger partial charge in [-0.15, -0.1) is 0 Å². The quantitative estimate of drug-likeness (QED) is 0.179. The molecule has 0 N–H and O–H groups in total. The molecule has 0 aliphatic carbocycles. The van der Waals surface area contributed by atoms with Crippen LogP contribution in [0.15, 0.2) is 176 Å². The Labute approximate surface area is 276 Å². The Hall–Kier alpha value is -6.06. The summed E-state index contributed by atoms with van der Waals surface area (Å²) in [4.78, 5) is 4.68. The SMILES string of the molecule is Cc1ccc(N(c2ccccc2)c2ccc3c4ccc(N(c5ccccc5)c5ccc(C)cc5)cc4n(-c4ccccc4)c3c2)cc1. The Kier molecular flexibility index (Phi) is 7.28. The molecule has 0 fully saturated rings. The molecule has 0 aliphatic rings. The summed E-state index contributed by atoms with van der Waals surface area (Å²) in [6.07, 6.45) is 0. The molecule has 8 aromatic rings. The molecule has 0 unspecified atom stereocenters. The summed E-state index contributed by atoms with van der Waals surface area (Å²) in [6, 6.07) is 63.2. The number of para-hydroxylation sites is 3. The van der Waals surface area contributed by atoms with Crippen molar-refractivity contribution in [3.05, 3.63) is 187 Å². The van der Waals surface area contributed by atoms with E-state index in [1.54, 1.807) is 0 Å². The van der Waals surface area contributed by atoms with Crippen LogP contribution in [-0.4, -0.2) is 4.57 Å². The van der Waals surface area contributed by atoms with Gasteiger partial charge in [0, 0.05) is 50.6 Å². The van der Waals surface area contributed by atoms with E-state index in [0.717, 1.165) is 50.8 Å². The van der Waals surface area contributed by atoms with Gasteiger partial charge in [0.25, 0.3) is 0 Å². The van der Waals surface area contributed by atoms with Crippen LogP contribution in [0.25, 0.3) is 27.5 Å². The van der Waals surface area contributed by atoms with Crippen molar-refractivity contribution in [3.63, 3.8) is 0 Å². The van der Waals surface area contributed by atoms with E-state index in [0.29, 0.717) is 0 Å². The number of aryl methyl sites for hydroxylation is 2. The van der Waals surface area contributed by atoms with Crippen molar-refractivity contribution >= 4 is 55.9 Å². The number of rotatable bonds is 7. The molecule has 0 aliphatic heterocycles. The van der Waals surface area contributed by atoms with Gasteiger partial charge in [-0.1, -0.05) is 102 Å². The molecule has 1 heterocycles. The largest absolute Gasteiger partial charge is 0.310 e. The summed E-state index contributed by atoms with van der Waals surface area (Å²) in [5, 5.41) is 2.44. The highest BCUT2D eigenvalue weighted by Crippen LogP contribution is 2.42. The fourth-order valence-electron chi connectivity index (χ4n) is 6.56. The molecule has 0 saturated heterocycles. The number of benzene rings is 7. The molecule has 0 spiro atoms. The molecule has 3 nitrogen and oxygen atoms in total. The maximum atomic E-state index is 2.41. The van der Waals surface area contributed by atoms with Gasteiger partial charge in [-0.25, -0.2) is 0 Å². The lowest BCUT2D eigenvalue weighted by atomic mass is 10.1. The number of fused-ring (bicyclic) bond motifs is 3. The number of anilines is 6. The highest BCUT2D eigenvalue weighted by molar-refractivity contribution is 6.11. The fourth-order valence-corrected chi connectivity index (χ4v) is 6.56. The first kappa shape index (κ1) is 28.4. The molecule has 226 valence electrons. The molecular weight excluding hydrogens is 571 g/mol. The van der Waals surface area contributed by atoms with Gasteiger partial charge in [-0.05, 0) is 98.8 Å². The van der Waals surface area contributed by atoms with E-state index in [9.17, 15) is 0 Å². The van der Waals surface area contributed by atoms with Crippen LogP contribution in [0, 0.1) is 13.8 Å². The van der Waals surface area contributed by atoms with Gasteiger partial charge in [0.2, 0.25) is 0 Å². The van der Waals surface area contributed by atoms with E-state index in [2.05, 4.69) is 204 Å². The van der Waals surface area contributed by atoms with Crippen LogP contribution in [0.2, 0.25) is 0 Å². The molecule has 1 aromatic heterocycles. The summed E-state index contributed by atoms with van der Waals surface area (Å²) in [7, 11) is 0. The fraction of sp³-hybridized carbons (Fsp3) is 0.0455. The third-order valence-corrected chi connectivity index (χ3v) is 8.88. The lowest BCUT2D eigenvalue weighted by molar-refractivity contribution is 1.17. The van der Waals surface area contributed by atoms with Crippen molar-refractivity contribution < 1.29 is 0 Å². The molecule has 47 heavy (non-hydrogen) atoms. The number of hydrogen-bond acceptors (Lipinski definition) is 2. The second-order valence-corrected chi connectivity index (χ2v) is 12.1. The minimum absolute atomic E-state index is 1.11. The van der Waals surface area contributed by atoms with Gasteiger partial charge < -0.3 is 14.4 Å². The van der Waals surface area contributed by atoms with Crippen molar-refractivity contribution in [3.8, 4) is 5.69 Å². The minimum Gasteiger partial charge on any atom is -0.310 e. The third-order valence-electron chi connectivity index (χ3n) is 8.88. The molecule has 0 atom stereocenters. The second-order valence-electron chi connectivity index (χ2n) is 12.1. The van der Waals surface area contributed by atoms with Crippen LogP contribution < -0.4 is 9.80 Å². The summed E-state index contributed by atoms with van der Waals surface area (Å²) in [5.41, 5.74) is 12.7. The molecule has 3 heteroatoms. The summed E-state index contributed by atoms with van der Waals surface area (Å²) in [5.74, 6) is 0. The monoisotopic (exact) mass is 605 g/mol. The maximum absolute atomic E-state index is 2.41. The van der Waals surface area contributed by atoms with Gasteiger partial charge in [0.1, 0.15) is 0 Å². The Morgan fingerprint density at radius 1 is 0.340 bits per heavy atom. The lowest BCUT2D eigenvalue weighted by Crippen LogP contribution is -2.10. The van der Waals surface area contributed by atoms with Gasteiger partial charge in [0.05, 0.1) is 11.0 Å². The van der Waals surface area contributed by atoms with Gasteiger partial charge in [-0.2, -0.15) is 0 Å². The van der Waals surface area contributed by atoms with Crippen LogP contribution in [-0.2, 0) is 0 Å². The molecule has 8 rings (SSSR count). The van der Waals surface area contributed by atoms with E-state index >= 15 is 0 Å². The Balaban J connectivity index is 1.37. The van der Waals surface area contributed by atoms with E-state index in [-0.39, 0.29) is 0 Å². The first-order valence-corrected chi connectivity index (χ1v) is 16.1. The normalized spacial score (nSPS) is 11.2. The number of nitrogens with zero attached hydrogens (tertiary/aromatic N) is 3. The first-order chi connectivity index (χ1) is 23.1. The van der Waals surface area contributed by atoms with Crippen molar-refractivity contribution in [1.29, 1.82) is 0 Å². The molecule has 0 amide bonds. The van der Waals surface area contributed by atoms with Crippen molar-refractivity contribution in [2.75, 3.05) is 9.80 Å². The topological polar surface area (TPSA) is 11.4 Å². The van der Waals surface area contributed by atoms with Crippen molar-refractivity contribution in [2.45, 2.75) is 13.8 Å². The van der Waals surface area contributed by atoms with Crippen molar-refractivity contribution in [1.82, 2.24) is 4.57 Å². The van der Waals surface area contributed by atoms with Crippen LogP contribution in [0.5, 0.6) is 0 Å².